The highest BCUT2D eigenvalue weighted by Crippen LogP contribution is 2.26. The average Bonchev–Trinajstić information content (AvgIpc) is 2.75. The van der Waals surface area contributed by atoms with E-state index in [4.69, 9.17) is 4.74 Å². The lowest BCUT2D eigenvalue weighted by Gasteiger charge is -2.16. The summed E-state index contributed by atoms with van der Waals surface area (Å²) in [6.07, 6.45) is -0.916. The van der Waals surface area contributed by atoms with Gasteiger partial charge in [0.2, 0.25) is 0 Å². The average molecular weight is 411 g/mol. The van der Waals surface area contributed by atoms with Gasteiger partial charge in [-0.15, -0.1) is 0 Å². The number of halogens is 2. The fourth-order valence-electron chi connectivity index (χ4n) is 2.70. The van der Waals surface area contributed by atoms with Gasteiger partial charge in [0, 0.05) is 11.1 Å². The smallest absolute Gasteiger partial charge is 0.387 e. The highest BCUT2D eigenvalue weighted by Gasteiger charge is 2.18. The van der Waals surface area contributed by atoms with Gasteiger partial charge in [0.15, 0.2) is 11.9 Å². The van der Waals surface area contributed by atoms with Crippen LogP contribution >= 0.6 is 0 Å². The SMILES string of the molecule is CC(Oc1ccc(C(=O)c2ccccc2)cc1)C(=O)Nc1ccccc1OC(F)F. The highest BCUT2D eigenvalue weighted by atomic mass is 19.3. The minimum Gasteiger partial charge on any atom is -0.481 e. The van der Waals surface area contributed by atoms with Gasteiger partial charge in [-0.3, -0.25) is 9.59 Å². The number of carbonyl (C=O) groups excluding carboxylic acids is 2. The van der Waals surface area contributed by atoms with Crippen molar-refractivity contribution >= 4 is 17.4 Å². The first-order chi connectivity index (χ1) is 14.4. The van der Waals surface area contributed by atoms with Crippen LogP contribution in [0.2, 0.25) is 0 Å². The quantitative estimate of drug-likeness (QED) is 0.534. The zero-order valence-electron chi connectivity index (χ0n) is 16.0. The van der Waals surface area contributed by atoms with E-state index >= 15 is 0 Å². The van der Waals surface area contributed by atoms with Crippen LogP contribution in [-0.2, 0) is 4.79 Å². The monoisotopic (exact) mass is 411 g/mol. The summed E-state index contributed by atoms with van der Waals surface area (Å²) in [4.78, 5) is 24.8. The van der Waals surface area contributed by atoms with E-state index in [1.54, 1.807) is 54.6 Å². The largest absolute Gasteiger partial charge is 0.481 e. The lowest BCUT2D eigenvalue weighted by atomic mass is 10.0. The fraction of sp³-hybridized carbons (Fsp3) is 0.130. The third kappa shape index (κ3) is 5.41. The zero-order valence-corrected chi connectivity index (χ0v) is 16.0. The summed E-state index contributed by atoms with van der Waals surface area (Å²) in [6.45, 7) is -1.48. The molecule has 0 saturated heterocycles. The van der Waals surface area contributed by atoms with E-state index in [0.717, 1.165) is 0 Å². The van der Waals surface area contributed by atoms with E-state index in [-0.39, 0.29) is 17.2 Å². The van der Waals surface area contributed by atoms with Crippen molar-refractivity contribution in [1.29, 1.82) is 0 Å². The molecule has 7 heteroatoms. The van der Waals surface area contributed by atoms with Gasteiger partial charge < -0.3 is 14.8 Å². The van der Waals surface area contributed by atoms with Gasteiger partial charge in [0.25, 0.3) is 5.91 Å². The van der Waals surface area contributed by atoms with Crippen molar-refractivity contribution < 1.29 is 27.8 Å². The van der Waals surface area contributed by atoms with Gasteiger partial charge in [0.05, 0.1) is 5.69 Å². The molecule has 3 aromatic rings. The van der Waals surface area contributed by atoms with Crippen LogP contribution in [-0.4, -0.2) is 24.4 Å². The molecule has 0 spiro atoms. The lowest BCUT2D eigenvalue weighted by Crippen LogP contribution is -2.30. The Bertz CT molecular complexity index is 1010. The second-order valence-corrected chi connectivity index (χ2v) is 6.34. The molecule has 0 aromatic heterocycles. The van der Waals surface area contributed by atoms with Crippen LogP contribution in [0.3, 0.4) is 0 Å². The molecule has 154 valence electrons. The molecule has 5 nitrogen and oxygen atoms in total. The minimum absolute atomic E-state index is 0.113. The molecule has 0 bridgehead atoms. The van der Waals surface area contributed by atoms with Crippen molar-refractivity contribution in [3.05, 3.63) is 90.0 Å². The standard InChI is InChI=1S/C23H19F2NO4/c1-15(22(28)26-19-9-5-6-10-20(19)30-23(24)25)29-18-13-11-17(12-14-18)21(27)16-7-3-2-4-8-16/h2-15,23H,1H3,(H,26,28). The van der Waals surface area contributed by atoms with Crippen LogP contribution in [0.25, 0.3) is 0 Å². The first kappa shape index (κ1) is 21.0. The maximum absolute atomic E-state index is 12.5. The first-order valence-corrected chi connectivity index (χ1v) is 9.15. The molecule has 0 heterocycles. The molecule has 1 N–H and O–H groups in total. The molecule has 0 aliphatic rings. The van der Waals surface area contributed by atoms with Crippen molar-refractivity contribution in [2.24, 2.45) is 0 Å². The van der Waals surface area contributed by atoms with Crippen molar-refractivity contribution in [2.75, 3.05) is 5.32 Å². The van der Waals surface area contributed by atoms with Crippen LogP contribution < -0.4 is 14.8 Å². The summed E-state index contributed by atoms with van der Waals surface area (Å²) < 4.78 is 35.0. The molecular formula is C23H19F2NO4. The zero-order chi connectivity index (χ0) is 21.5. The summed E-state index contributed by atoms with van der Waals surface area (Å²) in [6, 6.07) is 21.2. The van der Waals surface area contributed by atoms with Gasteiger partial charge >= 0.3 is 6.61 Å². The van der Waals surface area contributed by atoms with E-state index in [1.807, 2.05) is 6.07 Å². The number of alkyl halides is 2. The van der Waals surface area contributed by atoms with Gasteiger partial charge in [-0.05, 0) is 43.3 Å². The van der Waals surface area contributed by atoms with Crippen molar-refractivity contribution in [3.63, 3.8) is 0 Å². The Balaban J connectivity index is 1.63. The number of nitrogens with one attached hydrogen (secondary N) is 1. The number of hydrogen-bond donors (Lipinski definition) is 1. The molecule has 1 atom stereocenters. The van der Waals surface area contributed by atoms with Crippen LogP contribution in [0.15, 0.2) is 78.9 Å². The van der Waals surface area contributed by atoms with Crippen molar-refractivity contribution in [2.45, 2.75) is 19.6 Å². The molecule has 1 amide bonds. The summed E-state index contributed by atoms with van der Waals surface area (Å²) >= 11 is 0. The Labute approximate surface area is 172 Å². The number of benzene rings is 3. The number of anilines is 1. The first-order valence-electron chi connectivity index (χ1n) is 9.15. The second-order valence-electron chi connectivity index (χ2n) is 6.34. The molecule has 0 fully saturated rings. The molecule has 30 heavy (non-hydrogen) atoms. The Morgan fingerprint density at radius 2 is 1.40 bits per heavy atom. The summed E-state index contributed by atoms with van der Waals surface area (Å²) in [5, 5.41) is 2.51. The number of ketones is 1. The third-order valence-corrected chi connectivity index (χ3v) is 4.20. The predicted molar refractivity (Wildman–Crippen MR) is 108 cm³/mol. The highest BCUT2D eigenvalue weighted by molar-refractivity contribution is 6.09. The third-order valence-electron chi connectivity index (χ3n) is 4.20. The van der Waals surface area contributed by atoms with Crippen LogP contribution in [0.5, 0.6) is 11.5 Å². The molecule has 0 aliphatic heterocycles. The number of ether oxygens (including phenoxy) is 2. The minimum atomic E-state index is -3.01. The van der Waals surface area contributed by atoms with Gasteiger partial charge in [-0.25, -0.2) is 0 Å². The van der Waals surface area contributed by atoms with E-state index in [9.17, 15) is 18.4 Å². The Kier molecular flexibility index (Phi) is 6.75. The molecule has 0 radical (unpaired) electrons. The van der Waals surface area contributed by atoms with Gasteiger partial charge in [0.1, 0.15) is 11.5 Å². The maximum atomic E-state index is 12.5. The number of hydrogen-bond acceptors (Lipinski definition) is 4. The van der Waals surface area contributed by atoms with Crippen LogP contribution in [0.4, 0.5) is 14.5 Å². The van der Waals surface area contributed by atoms with Crippen molar-refractivity contribution in [3.8, 4) is 11.5 Å². The van der Waals surface area contributed by atoms with Gasteiger partial charge in [-0.1, -0.05) is 42.5 Å². The summed E-state index contributed by atoms with van der Waals surface area (Å²) in [5.74, 6) is -0.412. The predicted octanol–water partition coefficient (Wildman–Crippen LogP) is 4.93. The van der Waals surface area contributed by atoms with E-state index in [1.165, 1.54) is 25.1 Å². The Hall–Kier alpha value is -3.74. The molecular weight excluding hydrogens is 392 g/mol. The van der Waals surface area contributed by atoms with E-state index in [2.05, 4.69) is 10.1 Å². The lowest BCUT2D eigenvalue weighted by molar-refractivity contribution is -0.122. The second kappa shape index (κ2) is 9.65. The maximum Gasteiger partial charge on any atom is 0.387 e. The van der Waals surface area contributed by atoms with Crippen LogP contribution in [0, 0.1) is 0 Å². The van der Waals surface area contributed by atoms with Gasteiger partial charge in [-0.2, -0.15) is 8.78 Å². The Morgan fingerprint density at radius 3 is 2.07 bits per heavy atom. The van der Waals surface area contributed by atoms with Crippen LogP contribution in [0.1, 0.15) is 22.8 Å². The molecule has 3 aromatic carbocycles. The summed E-state index contributed by atoms with van der Waals surface area (Å²) in [7, 11) is 0. The number of carbonyl (C=O) groups is 2. The summed E-state index contributed by atoms with van der Waals surface area (Å²) in [5.41, 5.74) is 1.18. The molecule has 0 saturated carbocycles. The fourth-order valence-corrected chi connectivity index (χ4v) is 2.70. The topological polar surface area (TPSA) is 64.6 Å². The molecule has 0 aliphatic carbocycles. The molecule has 1 unspecified atom stereocenters. The molecule has 3 rings (SSSR count). The van der Waals surface area contributed by atoms with E-state index < -0.39 is 18.6 Å². The Morgan fingerprint density at radius 1 is 0.800 bits per heavy atom. The number of rotatable bonds is 8. The number of para-hydroxylation sites is 2. The normalized spacial score (nSPS) is 11.6. The van der Waals surface area contributed by atoms with Crippen molar-refractivity contribution in [1.82, 2.24) is 0 Å². The van der Waals surface area contributed by atoms with E-state index in [0.29, 0.717) is 16.9 Å². The number of amides is 1.